The van der Waals surface area contributed by atoms with Crippen molar-refractivity contribution in [1.82, 2.24) is 4.98 Å². The van der Waals surface area contributed by atoms with Crippen LogP contribution < -0.4 is 4.31 Å². The van der Waals surface area contributed by atoms with Gasteiger partial charge in [0.2, 0.25) is 5.13 Å². The molecule has 1 N–H and O–H groups in total. The van der Waals surface area contributed by atoms with Gasteiger partial charge in [-0.3, -0.25) is 14.7 Å². The van der Waals surface area contributed by atoms with Gasteiger partial charge < -0.3 is 0 Å². The van der Waals surface area contributed by atoms with Crippen molar-refractivity contribution in [2.45, 2.75) is 0 Å². The zero-order valence-electron chi connectivity index (χ0n) is 11.7. The smallest absolute Gasteiger partial charge is 0.269 e. The second kappa shape index (κ2) is 5.98. The molecule has 0 amide bonds. The summed E-state index contributed by atoms with van der Waals surface area (Å²) in [6.07, 6.45) is 0. The van der Waals surface area contributed by atoms with E-state index in [0.29, 0.717) is 19.5 Å². The van der Waals surface area contributed by atoms with Crippen LogP contribution in [0.15, 0.2) is 42.5 Å². The zero-order chi connectivity index (χ0) is 17.5. The van der Waals surface area contributed by atoms with Crippen LogP contribution in [0.5, 0.6) is 0 Å². The minimum Gasteiger partial charge on any atom is -0.269 e. The van der Waals surface area contributed by atoms with Crippen molar-refractivity contribution in [3.05, 3.63) is 57.6 Å². The topological polar surface area (TPSA) is 114 Å². The van der Waals surface area contributed by atoms with Gasteiger partial charge in [0.15, 0.2) is 0 Å². The van der Waals surface area contributed by atoms with Crippen molar-refractivity contribution < 1.29 is 17.9 Å². The van der Waals surface area contributed by atoms with Crippen LogP contribution in [-0.2, 0) is 10.3 Å². The normalized spacial score (nSPS) is 11.6. The molecule has 0 bridgehead atoms. The molecule has 0 unspecified atom stereocenters. The van der Waals surface area contributed by atoms with E-state index < -0.39 is 15.2 Å². The average Bonchev–Trinajstić information content (AvgIpc) is 2.88. The number of rotatable bonds is 4. The van der Waals surface area contributed by atoms with Gasteiger partial charge >= 0.3 is 10.3 Å². The number of hydrogen-bond acceptors (Lipinski definition) is 6. The van der Waals surface area contributed by atoms with Crippen molar-refractivity contribution in [1.29, 1.82) is 0 Å². The maximum Gasteiger partial charge on any atom is 0.366 e. The molecule has 0 radical (unpaired) electrons. The first-order valence-electron chi connectivity index (χ1n) is 6.34. The average molecular weight is 386 g/mol. The number of benzene rings is 2. The summed E-state index contributed by atoms with van der Waals surface area (Å²) in [6, 6.07) is 9.55. The first-order chi connectivity index (χ1) is 11.3. The molecule has 0 aliphatic carbocycles. The Morgan fingerprint density at radius 2 is 1.88 bits per heavy atom. The Morgan fingerprint density at radius 3 is 2.46 bits per heavy atom. The highest BCUT2D eigenvalue weighted by Gasteiger charge is 2.26. The minimum absolute atomic E-state index is 0.0105. The Morgan fingerprint density at radius 1 is 1.21 bits per heavy atom. The SMILES string of the molecule is O=[N+]([O-])c1ccc(N(c2nc3ccc(Cl)cc3s2)S(=O)(=O)O)cc1. The molecule has 2 aromatic carbocycles. The van der Waals surface area contributed by atoms with Gasteiger partial charge in [0.25, 0.3) is 5.69 Å². The monoisotopic (exact) mass is 385 g/mol. The van der Waals surface area contributed by atoms with E-state index in [0.717, 1.165) is 23.5 Å². The van der Waals surface area contributed by atoms with Gasteiger partial charge in [-0.05, 0) is 30.3 Å². The molecule has 0 spiro atoms. The zero-order valence-corrected chi connectivity index (χ0v) is 14.0. The lowest BCUT2D eigenvalue weighted by atomic mass is 10.3. The Kier molecular flexibility index (Phi) is 4.13. The van der Waals surface area contributed by atoms with Crippen LogP contribution in [0.4, 0.5) is 16.5 Å². The van der Waals surface area contributed by atoms with Crippen molar-refractivity contribution in [3.63, 3.8) is 0 Å². The third-order valence-corrected chi connectivity index (χ3v) is 5.24. The number of nitrogens with zero attached hydrogens (tertiary/aromatic N) is 3. The Bertz CT molecular complexity index is 1030. The van der Waals surface area contributed by atoms with Crippen LogP contribution in [0.25, 0.3) is 10.2 Å². The predicted molar refractivity (Wildman–Crippen MR) is 91.4 cm³/mol. The van der Waals surface area contributed by atoms with E-state index >= 15 is 0 Å². The Labute approximate surface area is 145 Å². The molecular formula is C13H8ClN3O5S2. The van der Waals surface area contributed by atoms with E-state index in [-0.39, 0.29) is 16.5 Å². The second-order valence-corrected chi connectivity index (χ2v) is 7.33. The van der Waals surface area contributed by atoms with Gasteiger partial charge in [-0.1, -0.05) is 22.9 Å². The molecule has 1 aromatic heterocycles. The van der Waals surface area contributed by atoms with E-state index in [2.05, 4.69) is 4.98 Å². The summed E-state index contributed by atoms with van der Waals surface area (Å²) in [5.41, 5.74) is 0.327. The number of non-ortho nitro benzene ring substituents is 1. The maximum absolute atomic E-state index is 11.8. The summed E-state index contributed by atoms with van der Waals surface area (Å²) >= 11 is 6.90. The molecule has 0 aliphatic rings. The Balaban J connectivity index is 2.13. The van der Waals surface area contributed by atoms with Crippen LogP contribution in [0.2, 0.25) is 5.02 Å². The van der Waals surface area contributed by atoms with Gasteiger partial charge in [-0.15, -0.1) is 0 Å². The highest BCUT2D eigenvalue weighted by molar-refractivity contribution is 7.87. The van der Waals surface area contributed by atoms with E-state index in [1.165, 1.54) is 12.1 Å². The highest BCUT2D eigenvalue weighted by atomic mass is 35.5. The second-order valence-electron chi connectivity index (χ2n) is 4.62. The van der Waals surface area contributed by atoms with Crippen molar-refractivity contribution >= 4 is 60.0 Å². The van der Waals surface area contributed by atoms with E-state index in [4.69, 9.17) is 11.6 Å². The largest absolute Gasteiger partial charge is 0.366 e. The molecule has 24 heavy (non-hydrogen) atoms. The number of thiazole rings is 1. The quantitative estimate of drug-likeness (QED) is 0.415. The summed E-state index contributed by atoms with van der Waals surface area (Å²) in [5.74, 6) is 0. The summed E-state index contributed by atoms with van der Waals surface area (Å²) in [6.45, 7) is 0. The molecule has 3 rings (SSSR count). The fourth-order valence-corrected chi connectivity index (χ4v) is 4.22. The van der Waals surface area contributed by atoms with Gasteiger partial charge in [0.05, 0.1) is 20.8 Å². The molecule has 1 heterocycles. The maximum atomic E-state index is 11.8. The first-order valence-corrected chi connectivity index (χ1v) is 8.93. The van der Waals surface area contributed by atoms with Gasteiger partial charge in [0.1, 0.15) is 0 Å². The molecule has 0 aliphatic heterocycles. The molecule has 0 saturated heterocycles. The molecule has 11 heteroatoms. The summed E-state index contributed by atoms with van der Waals surface area (Å²) in [5, 5.41) is 11.2. The van der Waals surface area contributed by atoms with Crippen molar-refractivity contribution in [2.24, 2.45) is 0 Å². The molecule has 0 saturated carbocycles. The number of halogens is 1. The summed E-state index contributed by atoms with van der Waals surface area (Å²) in [7, 11) is -4.68. The molecule has 8 nitrogen and oxygen atoms in total. The molecule has 0 atom stereocenters. The number of anilines is 2. The van der Waals surface area contributed by atoms with Crippen LogP contribution in [0, 0.1) is 10.1 Å². The van der Waals surface area contributed by atoms with E-state index in [9.17, 15) is 23.1 Å². The predicted octanol–water partition coefficient (Wildman–Crippen LogP) is 3.80. The Hall–Kier alpha value is -2.27. The van der Waals surface area contributed by atoms with E-state index in [1.807, 2.05) is 0 Å². The van der Waals surface area contributed by atoms with Crippen LogP contribution in [0.1, 0.15) is 0 Å². The van der Waals surface area contributed by atoms with Crippen molar-refractivity contribution in [3.8, 4) is 0 Å². The van der Waals surface area contributed by atoms with Gasteiger partial charge in [-0.25, -0.2) is 4.98 Å². The van der Waals surface area contributed by atoms with Crippen LogP contribution >= 0.6 is 22.9 Å². The lowest BCUT2D eigenvalue weighted by Gasteiger charge is -2.17. The van der Waals surface area contributed by atoms with Gasteiger partial charge in [-0.2, -0.15) is 12.7 Å². The highest BCUT2D eigenvalue weighted by Crippen LogP contribution is 2.36. The van der Waals surface area contributed by atoms with Crippen LogP contribution in [-0.4, -0.2) is 22.9 Å². The number of nitro groups is 1. The molecular weight excluding hydrogens is 378 g/mol. The van der Waals surface area contributed by atoms with E-state index in [1.54, 1.807) is 18.2 Å². The molecule has 3 aromatic rings. The number of hydrogen-bond donors (Lipinski definition) is 1. The lowest BCUT2D eigenvalue weighted by Crippen LogP contribution is -2.24. The standard InChI is InChI=1S/C13H8ClN3O5S2/c14-8-1-6-11-12(7-8)23-13(15-11)16(24(20,21)22)9-2-4-10(5-3-9)17(18)19/h1-7H,(H,20,21,22). The third kappa shape index (κ3) is 3.17. The fraction of sp³-hybridized carbons (Fsp3) is 0. The number of fused-ring (bicyclic) bond motifs is 1. The van der Waals surface area contributed by atoms with Gasteiger partial charge in [0, 0.05) is 17.2 Å². The third-order valence-electron chi connectivity index (χ3n) is 3.04. The summed E-state index contributed by atoms with van der Waals surface area (Å²) < 4.78 is 34.4. The van der Waals surface area contributed by atoms with Crippen molar-refractivity contribution in [2.75, 3.05) is 4.31 Å². The first kappa shape index (κ1) is 16.6. The molecule has 0 fully saturated rings. The summed E-state index contributed by atoms with van der Waals surface area (Å²) in [4.78, 5) is 14.3. The fourth-order valence-electron chi connectivity index (χ4n) is 2.03. The minimum atomic E-state index is -4.68. The molecule has 124 valence electrons. The number of aromatic nitrogens is 1. The van der Waals surface area contributed by atoms with Crippen LogP contribution in [0.3, 0.4) is 0 Å². The lowest BCUT2D eigenvalue weighted by molar-refractivity contribution is -0.384. The number of nitro benzene ring substituents is 1.